The van der Waals surface area contributed by atoms with Crippen LogP contribution in [0.25, 0.3) is 0 Å². The van der Waals surface area contributed by atoms with Crippen LogP contribution in [-0.4, -0.2) is 11.2 Å². The van der Waals surface area contributed by atoms with Gasteiger partial charge in [-0.2, -0.15) is 26.3 Å². The Morgan fingerprint density at radius 1 is 0.905 bits per heavy atom. The second-order valence-electron chi connectivity index (χ2n) is 5.10. The summed E-state index contributed by atoms with van der Waals surface area (Å²) in [5, 5.41) is 9.75. The second kappa shape index (κ2) is 5.84. The predicted molar refractivity (Wildman–Crippen MR) is 64.2 cm³/mol. The van der Waals surface area contributed by atoms with Gasteiger partial charge in [-0.15, -0.1) is 0 Å². The lowest BCUT2D eigenvalue weighted by Gasteiger charge is -2.24. The van der Waals surface area contributed by atoms with Gasteiger partial charge in [-0.3, -0.25) is 0 Å². The van der Waals surface area contributed by atoms with Crippen LogP contribution >= 0.6 is 0 Å². The van der Waals surface area contributed by atoms with Crippen molar-refractivity contribution in [2.24, 2.45) is 11.7 Å². The monoisotopic (exact) mass is 315 g/mol. The summed E-state index contributed by atoms with van der Waals surface area (Å²) in [4.78, 5) is 0. The highest BCUT2D eigenvalue weighted by Crippen LogP contribution is 2.37. The number of hydrogen-bond donors (Lipinski definition) is 2. The molecule has 0 heterocycles. The Bertz CT molecular complexity index is 462. The zero-order valence-electron chi connectivity index (χ0n) is 11.3. The van der Waals surface area contributed by atoms with E-state index in [-0.39, 0.29) is 6.07 Å². The van der Waals surface area contributed by atoms with Crippen molar-refractivity contribution in [2.45, 2.75) is 38.3 Å². The molecule has 8 heteroatoms. The van der Waals surface area contributed by atoms with E-state index < -0.39 is 47.1 Å². The van der Waals surface area contributed by atoms with Crippen LogP contribution in [0.15, 0.2) is 18.2 Å². The smallest absolute Gasteiger partial charge is 0.391 e. The normalized spacial score (nSPS) is 16.1. The average Bonchev–Trinajstić information content (AvgIpc) is 2.34. The van der Waals surface area contributed by atoms with Crippen LogP contribution in [0.1, 0.15) is 36.6 Å². The van der Waals surface area contributed by atoms with Gasteiger partial charge < -0.3 is 10.8 Å². The second-order valence-corrected chi connectivity index (χ2v) is 5.10. The molecule has 0 saturated carbocycles. The molecule has 0 unspecified atom stereocenters. The Hall–Kier alpha value is -1.28. The van der Waals surface area contributed by atoms with Crippen molar-refractivity contribution in [1.82, 2.24) is 0 Å². The molecule has 1 rings (SSSR count). The van der Waals surface area contributed by atoms with E-state index in [2.05, 4.69) is 0 Å². The van der Waals surface area contributed by atoms with E-state index in [1.807, 2.05) is 0 Å². The van der Waals surface area contributed by atoms with Crippen molar-refractivity contribution in [3.63, 3.8) is 0 Å². The number of hydrogen-bond acceptors (Lipinski definition) is 2. The summed E-state index contributed by atoms with van der Waals surface area (Å²) < 4.78 is 76.1. The summed E-state index contributed by atoms with van der Waals surface area (Å²) in [7, 11) is 0. The van der Waals surface area contributed by atoms with Gasteiger partial charge in [-0.25, -0.2) is 0 Å². The number of halogens is 6. The number of benzene rings is 1. The summed E-state index contributed by atoms with van der Waals surface area (Å²) in [6.07, 6.45) is -11.1. The molecule has 0 aliphatic rings. The van der Waals surface area contributed by atoms with Crippen LogP contribution in [0.2, 0.25) is 0 Å². The fourth-order valence-corrected chi connectivity index (χ4v) is 1.78. The molecule has 0 fully saturated rings. The van der Waals surface area contributed by atoms with Gasteiger partial charge in [-0.05, 0) is 29.7 Å². The number of nitrogens with two attached hydrogens (primary N) is 1. The lowest BCUT2D eigenvalue weighted by atomic mass is 9.92. The number of aliphatic hydroxyl groups is 1. The number of aliphatic hydroxyl groups excluding tert-OH is 1. The molecule has 0 bridgehead atoms. The minimum absolute atomic E-state index is 0.0258. The molecule has 0 aliphatic carbocycles. The molecule has 1 aromatic rings. The van der Waals surface area contributed by atoms with E-state index in [1.165, 1.54) is 0 Å². The van der Waals surface area contributed by atoms with Gasteiger partial charge in [0.05, 0.1) is 23.3 Å². The quantitative estimate of drug-likeness (QED) is 0.835. The molecule has 2 nitrogen and oxygen atoms in total. The highest BCUT2D eigenvalue weighted by atomic mass is 19.4. The van der Waals surface area contributed by atoms with E-state index in [0.717, 1.165) is 0 Å². The first kappa shape index (κ1) is 17.8. The molecule has 2 atom stereocenters. The zero-order valence-corrected chi connectivity index (χ0v) is 11.3. The third-order valence-electron chi connectivity index (χ3n) is 3.05. The van der Waals surface area contributed by atoms with Gasteiger partial charge >= 0.3 is 12.4 Å². The van der Waals surface area contributed by atoms with Crippen LogP contribution in [0, 0.1) is 5.92 Å². The van der Waals surface area contributed by atoms with Crippen molar-refractivity contribution in [1.29, 1.82) is 0 Å². The first-order valence-corrected chi connectivity index (χ1v) is 6.07. The Morgan fingerprint density at radius 2 is 1.29 bits per heavy atom. The van der Waals surface area contributed by atoms with Gasteiger partial charge in [0.15, 0.2) is 0 Å². The Labute approximate surface area is 117 Å². The van der Waals surface area contributed by atoms with Gasteiger partial charge in [0.2, 0.25) is 0 Å². The molecule has 21 heavy (non-hydrogen) atoms. The van der Waals surface area contributed by atoms with Crippen LogP contribution < -0.4 is 5.73 Å². The number of rotatable bonds is 3. The minimum atomic E-state index is -4.93. The molecule has 1 aromatic carbocycles. The van der Waals surface area contributed by atoms with Crippen molar-refractivity contribution in [3.8, 4) is 0 Å². The summed E-state index contributed by atoms with van der Waals surface area (Å²) in [6, 6.07) is -0.247. The summed E-state index contributed by atoms with van der Waals surface area (Å²) >= 11 is 0. The van der Waals surface area contributed by atoms with Gasteiger partial charge in [0.25, 0.3) is 0 Å². The van der Waals surface area contributed by atoms with Gasteiger partial charge in [-0.1, -0.05) is 13.8 Å². The predicted octanol–water partition coefficient (Wildman–Crippen LogP) is 3.74. The fourth-order valence-electron chi connectivity index (χ4n) is 1.78. The lowest BCUT2D eigenvalue weighted by molar-refractivity contribution is -0.143. The molecule has 0 saturated heterocycles. The van der Waals surface area contributed by atoms with Crippen LogP contribution in [0.4, 0.5) is 26.3 Å². The van der Waals surface area contributed by atoms with E-state index in [4.69, 9.17) is 5.73 Å². The third kappa shape index (κ3) is 4.34. The van der Waals surface area contributed by atoms with Gasteiger partial charge in [0, 0.05) is 0 Å². The van der Waals surface area contributed by atoms with Gasteiger partial charge in [0.1, 0.15) is 0 Å². The van der Waals surface area contributed by atoms with E-state index >= 15 is 0 Å². The highest BCUT2D eigenvalue weighted by Gasteiger charge is 2.37. The Kier molecular flexibility index (Phi) is 4.94. The van der Waals surface area contributed by atoms with Crippen molar-refractivity contribution in [3.05, 3.63) is 34.9 Å². The Balaban J connectivity index is 3.39. The molecule has 3 N–H and O–H groups in total. The molecule has 0 spiro atoms. The zero-order chi connectivity index (χ0) is 16.6. The molecular formula is C13H15F6NO. The topological polar surface area (TPSA) is 46.2 Å². The minimum Gasteiger partial charge on any atom is -0.391 e. The third-order valence-corrected chi connectivity index (χ3v) is 3.05. The van der Waals surface area contributed by atoms with Crippen LogP contribution in [0.3, 0.4) is 0 Å². The fraction of sp³-hybridized carbons (Fsp3) is 0.538. The standard InChI is InChI=1S/C13H15F6NO/c1-6(2)11(21)10(20)7-3-8(12(14,15)16)5-9(4-7)13(17,18)19/h3-6,10-11,21H,20H2,1-2H3/t10-,11+/m1/s1. The maximum Gasteiger partial charge on any atom is 0.416 e. The molecule has 0 radical (unpaired) electrons. The lowest BCUT2D eigenvalue weighted by Crippen LogP contribution is -2.31. The molecular weight excluding hydrogens is 300 g/mol. The molecule has 120 valence electrons. The van der Waals surface area contributed by atoms with Crippen molar-refractivity contribution < 1.29 is 31.4 Å². The van der Waals surface area contributed by atoms with E-state index in [9.17, 15) is 31.4 Å². The largest absolute Gasteiger partial charge is 0.416 e. The summed E-state index contributed by atoms with van der Waals surface area (Å²) in [6.45, 7) is 3.12. The Morgan fingerprint density at radius 3 is 1.57 bits per heavy atom. The SMILES string of the molecule is CC(C)[C@H](O)[C@H](N)c1cc(C(F)(F)F)cc(C(F)(F)F)c1. The molecule has 0 aliphatic heterocycles. The molecule has 0 amide bonds. The number of alkyl halides is 6. The van der Waals surface area contributed by atoms with E-state index in [0.29, 0.717) is 12.1 Å². The summed E-state index contributed by atoms with van der Waals surface area (Å²) in [5.41, 5.74) is 2.28. The first-order valence-electron chi connectivity index (χ1n) is 6.07. The van der Waals surface area contributed by atoms with Crippen LogP contribution in [0.5, 0.6) is 0 Å². The first-order chi connectivity index (χ1) is 9.34. The maximum atomic E-state index is 12.7. The highest BCUT2D eigenvalue weighted by molar-refractivity contribution is 5.35. The van der Waals surface area contributed by atoms with Crippen molar-refractivity contribution in [2.75, 3.05) is 0 Å². The average molecular weight is 315 g/mol. The van der Waals surface area contributed by atoms with E-state index in [1.54, 1.807) is 13.8 Å². The van der Waals surface area contributed by atoms with Crippen molar-refractivity contribution >= 4 is 0 Å². The van der Waals surface area contributed by atoms with Crippen LogP contribution in [-0.2, 0) is 12.4 Å². The maximum absolute atomic E-state index is 12.7. The molecule has 0 aromatic heterocycles. The summed E-state index contributed by atoms with van der Waals surface area (Å²) in [5.74, 6) is -0.413.